The molecule has 122 valence electrons. The highest BCUT2D eigenvalue weighted by molar-refractivity contribution is 7.17. The third-order valence-corrected chi connectivity index (χ3v) is 5.01. The zero-order chi connectivity index (χ0) is 16.2. The van der Waals surface area contributed by atoms with Gasteiger partial charge in [-0.1, -0.05) is 18.2 Å². The van der Waals surface area contributed by atoms with Crippen LogP contribution >= 0.6 is 11.3 Å². The van der Waals surface area contributed by atoms with Gasteiger partial charge in [0.2, 0.25) is 0 Å². The van der Waals surface area contributed by atoms with Crippen LogP contribution in [0.5, 0.6) is 0 Å². The van der Waals surface area contributed by atoms with Crippen molar-refractivity contribution in [3.05, 3.63) is 35.2 Å². The molecule has 0 saturated carbocycles. The molecule has 1 aliphatic heterocycles. The van der Waals surface area contributed by atoms with E-state index in [-0.39, 0.29) is 25.0 Å². The number of amides is 1. The number of hydrogen-bond acceptors (Lipinski definition) is 4. The molecule has 1 atom stereocenters. The van der Waals surface area contributed by atoms with E-state index < -0.39 is 5.97 Å². The smallest absolute Gasteiger partial charge is 0.305 e. The number of carbonyl (C=O) groups excluding carboxylic acids is 1. The second-order valence-corrected chi connectivity index (χ2v) is 6.59. The number of benzene rings is 1. The Hall–Kier alpha value is -1.92. The Kier molecular flexibility index (Phi) is 4.93. The summed E-state index contributed by atoms with van der Waals surface area (Å²) in [5.74, 6) is -1.01. The molecule has 0 bridgehead atoms. The van der Waals surface area contributed by atoms with E-state index >= 15 is 0 Å². The Bertz CT molecular complexity index is 705. The summed E-state index contributed by atoms with van der Waals surface area (Å²) in [6.45, 7) is 1.38. The Morgan fingerprint density at radius 3 is 2.91 bits per heavy atom. The molecule has 1 N–H and O–H groups in total. The number of hydrogen-bond donors (Lipinski definition) is 1. The third kappa shape index (κ3) is 3.71. The third-order valence-electron chi connectivity index (χ3n) is 4.04. The molecular formula is C17H19NO4S. The Labute approximate surface area is 138 Å². The van der Waals surface area contributed by atoms with Gasteiger partial charge in [0.15, 0.2) is 0 Å². The Balaban J connectivity index is 1.81. The number of carboxylic acid groups (broad SMARTS) is 1. The summed E-state index contributed by atoms with van der Waals surface area (Å²) in [6, 6.07) is 7.77. The van der Waals surface area contributed by atoms with Gasteiger partial charge in [-0.2, -0.15) is 0 Å². The molecule has 1 saturated heterocycles. The van der Waals surface area contributed by atoms with Crippen molar-refractivity contribution in [1.29, 1.82) is 0 Å². The second kappa shape index (κ2) is 7.10. The number of carboxylic acids is 1. The van der Waals surface area contributed by atoms with Gasteiger partial charge in [-0.05, 0) is 18.9 Å². The zero-order valence-corrected chi connectivity index (χ0v) is 13.6. The van der Waals surface area contributed by atoms with Crippen LogP contribution in [-0.4, -0.2) is 47.7 Å². The van der Waals surface area contributed by atoms with Crippen molar-refractivity contribution >= 4 is 33.3 Å². The van der Waals surface area contributed by atoms with Gasteiger partial charge in [0.25, 0.3) is 5.91 Å². The van der Waals surface area contributed by atoms with Crippen molar-refractivity contribution in [2.45, 2.75) is 25.4 Å². The maximum absolute atomic E-state index is 12.9. The average molecular weight is 333 g/mol. The predicted octanol–water partition coefficient (Wildman–Crippen LogP) is 3.00. The first kappa shape index (κ1) is 16.0. The van der Waals surface area contributed by atoms with E-state index in [1.165, 1.54) is 11.3 Å². The van der Waals surface area contributed by atoms with E-state index in [9.17, 15) is 9.59 Å². The van der Waals surface area contributed by atoms with Crippen molar-refractivity contribution in [2.75, 3.05) is 19.7 Å². The fourth-order valence-corrected chi connectivity index (χ4v) is 3.79. The minimum atomic E-state index is -0.898. The summed E-state index contributed by atoms with van der Waals surface area (Å²) in [6.07, 6.45) is 1.87. The molecule has 3 rings (SSSR count). The molecule has 1 amide bonds. The zero-order valence-electron chi connectivity index (χ0n) is 12.7. The van der Waals surface area contributed by atoms with Crippen LogP contribution in [0.3, 0.4) is 0 Å². The van der Waals surface area contributed by atoms with E-state index in [0.29, 0.717) is 18.7 Å². The summed E-state index contributed by atoms with van der Waals surface area (Å²) in [5.41, 5.74) is 0.647. The van der Waals surface area contributed by atoms with Crippen molar-refractivity contribution in [1.82, 2.24) is 4.90 Å². The van der Waals surface area contributed by atoms with Crippen LogP contribution in [0.2, 0.25) is 0 Å². The summed E-state index contributed by atoms with van der Waals surface area (Å²) < 4.78 is 6.67. The van der Waals surface area contributed by atoms with Gasteiger partial charge in [-0.25, -0.2) is 0 Å². The lowest BCUT2D eigenvalue weighted by molar-refractivity contribution is -0.137. The molecule has 2 aromatic rings. The maximum atomic E-state index is 12.9. The summed E-state index contributed by atoms with van der Waals surface area (Å²) in [4.78, 5) is 25.4. The first-order valence-electron chi connectivity index (χ1n) is 7.74. The van der Waals surface area contributed by atoms with Gasteiger partial charge in [0.05, 0.1) is 18.1 Å². The van der Waals surface area contributed by atoms with Crippen LogP contribution in [0.1, 0.15) is 29.6 Å². The van der Waals surface area contributed by atoms with E-state index in [1.54, 1.807) is 4.90 Å². The van der Waals surface area contributed by atoms with E-state index in [2.05, 4.69) is 0 Å². The van der Waals surface area contributed by atoms with Gasteiger partial charge >= 0.3 is 5.97 Å². The molecule has 1 fully saturated rings. The minimum Gasteiger partial charge on any atom is -0.481 e. The number of fused-ring (bicyclic) bond motifs is 1. The molecule has 0 aliphatic carbocycles. The summed E-state index contributed by atoms with van der Waals surface area (Å²) in [5, 5.41) is 11.7. The highest BCUT2D eigenvalue weighted by atomic mass is 32.1. The lowest BCUT2D eigenvalue weighted by atomic mass is 10.1. The maximum Gasteiger partial charge on any atom is 0.305 e. The van der Waals surface area contributed by atoms with Crippen LogP contribution in [0.15, 0.2) is 29.6 Å². The van der Waals surface area contributed by atoms with Crippen LogP contribution in [0.4, 0.5) is 0 Å². The predicted molar refractivity (Wildman–Crippen MR) is 89.0 cm³/mol. The minimum absolute atomic E-state index is 0.0117. The first-order valence-corrected chi connectivity index (χ1v) is 8.62. The van der Waals surface area contributed by atoms with Crippen molar-refractivity contribution in [3.63, 3.8) is 0 Å². The largest absolute Gasteiger partial charge is 0.481 e. The quantitative estimate of drug-likeness (QED) is 0.882. The molecule has 0 radical (unpaired) electrons. The molecule has 0 spiro atoms. The van der Waals surface area contributed by atoms with Crippen LogP contribution in [0, 0.1) is 0 Å². The number of aliphatic carboxylic acids is 1. The lowest BCUT2D eigenvalue weighted by Gasteiger charge is -2.24. The standard InChI is InChI=1S/C17H19NO4S/c19-16(20)7-8-18(10-12-4-3-9-22-12)17(21)14-11-23-15-6-2-1-5-13(14)15/h1-2,5-6,11-12H,3-4,7-10H2,(H,19,20). The number of ether oxygens (including phenoxy) is 1. The van der Waals surface area contributed by atoms with Crippen molar-refractivity contribution < 1.29 is 19.4 Å². The normalized spacial score (nSPS) is 17.5. The van der Waals surface area contributed by atoms with Crippen LogP contribution < -0.4 is 0 Å². The molecule has 1 aromatic heterocycles. The highest BCUT2D eigenvalue weighted by Gasteiger charge is 2.25. The molecule has 6 heteroatoms. The molecule has 1 aromatic carbocycles. The topological polar surface area (TPSA) is 66.8 Å². The van der Waals surface area contributed by atoms with Crippen molar-refractivity contribution in [3.8, 4) is 0 Å². The molecule has 23 heavy (non-hydrogen) atoms. The number of carbonyl (C=O) groups is 2. The van der Waals surface area contributed by atoms with Gasteiger partial charge in [0, 0.05) is 35.2 Å². The van der Waals surface area contributed by atoms with E-state index in [4.69, 9.17) is 9.84 Å². The summed E-state index contributed by atoms with van der Waals surface area (Å²) >= 11 is 1.53. The number of nitrogens with zero attached hydrogens (tertiary/aromatic N) is 1. The fourth-order valence-electron chi connectivity index (χ4n) is 2.85. The molecular weight excluding hydrogens is 314 g/mol. The van der Waals surface area contributed by atoms with Gasteiger partial charge in [-0.15, -0.1) is 11.3 Å². The molecule has 5 nitrogen and oxygen atoms in total. The molecule has 2 heterocycles. The fraction of sp³-hybridized carbons (Fsp3) is 0.412. The number of rotatable bonds is 6. The molecule has 1 aliphatic rings. The number of thiophene rings is 1. The molecule has 1 unspecified atom stereocenters. The average Bonchev–Trinajstić information content (AvgIpc) is 3.20. The lowest BCUT2D eigenvalue weighted by Crippen LogP contribution is -2.38. The van der Waals surface area contributed by atoms with Crippen molar-refractivity contribution in [2.24, 2.45) is 0 Å². The SMILES string of the molecule is O=C(O)CCN(CC1CCCO1)C(=O)c1csc2ccccc12. The second-order valence-electron chi connectivity index (χ2n) is 5.68. The van der Waals surface area contributed by atoms with E-state index in [0.717, 1.165) is 22.9 Å². The van der Waals surface area contributed by atoms with Gasteiger partial charge < -0.3 is 14.7 Å². The van der Waals surface area contributed by atoms with Crippen LogP contribution in [-0.2, 0) is 9.53 Å². The Morgan fingerprint density at radius 2 is 2.17 bits per heavy atom. The first-order chi connectivity index (χ1) is 11.1. The van der Waals surface area contributed by atoms with Gasteiger partial charge in [-0.3, -0.25) is 9.59 Å². The van der Waals surface area contributed by atoms with Gasteiger partial charge in [0.1, 0.15) is 0 Å². The Morgan fingerprint density at radius 1 is 1.35 bits per heavy atom. The monoisotopic (exact) mass is 333 g/mol. The highest BCUT2D eigenvalue weighted by Crippen LogP contribution is 2.27. The summed E-state index contributed by atoms with van der Waals surface area (Å²) in [7, 11) is 0. The van der Waals surface area contributed by atoms with E-state index in [1.807, 2.05) is 29.6 Å². The van der Waals surface area contributed by atoms with Crippen LogP contribution in [0.25, 0.3) is 10.1 Å².